The lowest BCUT2D eigenvalue weighted by Gasteiger charge is -2.20. The molecular formula is C35H45ClN4O5S. The van der Waals surface area contributed by atoms with E-state index in [1.165, 1.54) is 23.0 Å². The normalized spacial score (nSPS) is 11.4. The molecule has 4 rings (SSSR count). The first-order valence-corrected chi connectivity index (χ1v) is 16.9. The van der Waals surface area contributed by atoms with Gasteiger partial charge in [-0.25, -0.2) is 22.8 Å². The van der Waals surface area contributed by atoms with E-state index in [4.69, 9.17) is 16.3 Å². The molecule has 248 valence electrons. The number of ether oxygens (including phenoxy) is 1. The number of halogens is 1. The number of aromatic nitrogens is 3. The predicted molar refractivity (Wildman–Crippen MR) is 185 cm³/mol. The molecule has 1 N–H and O–H groups in total. The number of carbonyl (C=O) groups is 1. The van der Waals surface area contributed by atoms with Crippen LogP contribution >= 0.6 is 11.6 Å². The second-order valence-electron chi connectivity index (χ2n) is 12.3. The van der Waals surface area contributed by atoms with E-state index in [0.717, 1.165) is 16.7 Å². The fourth-order valence-electron chi connectivity index (χ4n) is 3.87. The molecule has 2 aromatic heterocycles. The van der Waals surface area contributed by atoms with Gasteiger partial charge in [0.1, 0.15) is 15.6 Å². The van der Waals surface area contributed by atoms with Gasteiger partial charge in [0.25, 0.3) is 5.56 Å². The van der Waals surface area contributed by atoms with Crippen LogP contribution < -0.4 is 10.3 Å². The molecule has 0 unspecified atom stereocenters. The lowest BCUT2D eigenvalue weighted by Crippen LogP contribution is -2.30. The average molecular weight is 669 g/mol. The lowest BCUT2D eigenvalue weighted by atomic mass is 9.97. The summed E-state index contributed by atoms with van der Waals surface area (Å²) < 4.78 is 32.2. The number of hydrogen-bond donors (Lipinski definition) is 1. The predicted octanol–water partition coefficient (Wildman–Crippen LogP) is 7.56. The van der Waals surface area contributed by atoms with Gasteiger partial charge < -0.3 is 4.74 Å². The lowest BCUT2D eigenvalue weighted by molar-refractivity contribution is -0.158. The zero-order valence-electron chi connectivity index (χ0n) is 28.0. The summed E-state index contributed by atoms with van der Waals surface area (Å²) in [6.07, 6.45) is 3.02. The average Bonchev–Trinajstić information content (AvgIpc) is 2.97. The third kappa shape index (κ3) is 12.2. The minimum atomic E-state index is -3.45. The molecule has 0 radical (unpaired) electrons. The highest BCUT2D eigenvalue weighted by molar-refractivity contribution is 7.89. The van der Waals surface area contributed by atoms with E-state index in [0.29, 0.717) is 5.56 Å². The molecule has 0 atom stereocenters. The van der Waals surface area contributed by atoms with Crippen LogP contribution in [-0.4, -0.2) is 40.8 Å². The summed E-state index contributed by atoms with van der Waals surface area (Å²) in [5.74, 6) is -0.160. The smallest absolute Gasteiger partial charge is 0.308 e. The molecule has 0 aliphatic rings. The Morgan fingerprint density at radius 2 is 1.39 bits per heavy atom. The highest BCUT2D eigenvalue weighted by atomic mass is 35.5. The number of esters is 1. The zero-order valence-corrected chi connectivity index (χ0v) is 29.6. The third-order valence-electron chi connectivity index (χ3n) is 5.92. The van der Waals surface area contributed by atoms with Gasteiger partial charge in [-0.1, -0.05) is 86.1 Å². The first-order chi connectivity index (χ1) is 21.4. The quantitative estimate of drug-likeness (QED) is 0.159. The molecule has 11 heteroatoms. The number of benzene rings is 2. The van der Waals surface area contributed by atoms with Crippen molar-refractivity contribution in [2.75, 3.05) is 0 Å². The largest absolute Gasteiger partial charge is 0.460 e. The summed E-state index contributed by atoms with van der Waals surface area (Å²) in [6, 6.07) is 22.4. The van der Waals surface area contributed by atoms with Crippen LogP contribution in [0.3, 0.4) is 0 Å². The molecule has 2 heterocycles. The van der Waals surface area contributed by atoms with E-state index in [9.17, 15) is 18.0 Å². The van der Waals surface area contributed by atoms with Gasteiger partial charge >= 0.3 is 5.97 Å². The maximum atomic E-state index is 12.9. The number of sulfonamides is 1. The third-order valence-corrected chi connectivity index (χ3v) is 7.79. The number of carbonyl (C=O) groups excluding carboxylic acids is 1. The monoisotopic (exact) mass is 668 g/mol. The Morgan fingerprint density at radius 1 is 0.848 bits per heavy atom. The Kier molecular flexibility index (Phi) is 14.3. The summed E-state index contributed by atoms with van der Waals surface area (Å²) >= 11 is 5.54. The van der Waals surface area contributed by atoms with Crippen LogP contribution in [0.5, 0.6) is 0 Å². The fourth-order valence-corrected chi connectivity index (χ4v) is 5.18. The van der Waals surface area contributed by atoms with Gasteiger partial charge in [0.2, 0.25) is 10.0 Å². The standard InChI is InChI=1S/C19H18N2O.C8H11ClN2O2S.C8H16O2/c1-14(2)21-19(22)18(16-11-7-4-8-12-16)17(13-20-21)15-9-5-3-6-10-15;1-6(2)11-14(12,13)7-3-4-8(9)10-5-7;1-6(2)7(9)10-8(3,4)5/h3-14H,1-2H3;3-6,11H,1-2H3;6H,1-5H3. The topological polar surface area (TPSA) is 120 Å². The maximum absolute atomic E-state index is 12.9. The fraction of sp³-hybridized carbons (Fsp3) is 0.371. The molecule has 0 saturated carbocycles. The van der Waals surface area contributed by atoms with Gasteiger partial charge in [0, 0.05) is 17.8 Å². The van der Waals surface area contributed by atoms with Crippen molar-refractivity contribution in [1.29, 1.82) is 0 Å². The molecular weight excluding hydrogens is 624 g/mol. The molecule has 0 spiro atoms. The number of nitrogens with one attached hydrogen (secondary N) is 1. The Labute approximate surface area is 278 Å². The van der Waals surface area contributed by atoms with E-state index in [1.54, 1.807) is 20.0 Å². The van der Waals surface area contributed by atoms with E-state index < -0.39 is 10.0 Å². The van der Waals surface area contributed by atoms with E-state index in [1.807, 2.05) is 109 Å². The molecule has 0 bridgehead atoms. The molecule has 2 aromatic carbocycles. The molecule has 0 aliphatic heterocycles. The van der Waals surface area contributed by atoms with E-state index in [-0.39, 0.29) is 45.2 Å². The summed E-state index contributed by atoms with van der Waals surface area (Å²) in [5, 5.41) is 4.62. The highest BCUT2D eigenvalue weighted by Crippen LogP contribution is 2.28. The number of hydrogen-bond acceptors (Lipinski definition) is 7. The van der Waals surface area contributed by atoms with Crippen LogP contribution in [0.25, 0.3) is 22.3 Å². The molecule has 9 nitrogen and oxygen atoms in total. The SMILES string of the molecule is CC(C)C(=O)OC(C)(C)C.CC(C)NS(=O)(=O)c1ccc(Cl)nc1.CC(C)n1ncc(-c2ccccc2)c(-c2ccccc2)c1=O. The van der Waals surface area contributed by atoms with E-state index in [2.05, 4.69) is 14.8 Å². The van der Waals surface area contributed by atoms with Crippen LogP contribution in [0.15, 0.2) is 94.9 Å². The van der Waals surface area contributed by atoms with Crippen molar-refractivity contribution in [2.24, 2.45) is 5.92 Å². The van der Waals surface area contributed by atoms with Crippen molar-refractivity contribution in [3.05, 3.63) is 101 Å². The van der Waals surface area contributed by atoms with Crippen LogP contribution in [-0.2, 0) is 19.6 Å². The van der Waals surface area contributed by atoms with Crippen molar-refractivity contribution in [2.45, 2.75) is 84.9 Å². The minimum absolute atomic E-state index is 0.0276. The Bertz CT molecular complexity index is 1700. The van der Waals surface area contributed by atoms with Crippen molar-refractivity contribution in [1.82, 2.24) is 19.5 Å². The second-order valence-corrected chi connectivity index (χ2v) is 14.4. The maximum Gasteiger partial charge on any atom is 0.308 e. The van der Waals surface area contributed by atoms with Gasteiger partial charge in [-0.2, -0.15) is 5.10 Å². The Hall–Kier alpha value is -3.86. The summed E-state index contributed by atoms with van der Waals surface area (Å²) in [6.45, 7) is 16.7. The first kappa shape index (κ1) is 38.3. The minimum Gasteiger partial charge on any atom is -0.460 e. The van der Waals surface area contributed by atoms with Crippen LogP contribution in [0, 0.1) is 5.92 Å². The van der Waals surface area contributed by atoms with Gasteiger partial charge in [-0.3, -0.25) is 9.59 Å². The van der Waals surface area contributed by atoms with Gasteiger partial charge in [-0.15, -0.1) is 0 Å². The Balaban J connectivity index is 0.000000264. The summed E-state index contributed by atoms with van der Waals surface area (Å²) in [5.41, 5.74) is 3.10. The van der Waals surface area contributed by atoms with Crippen molar-refractivity contribution in [3.8, 4) is 22.3 Å². The molecule has 0 aliphatic carbocycles. The van der Waals surface area contributed by atoms with Crippen LogP contribution in [0.2, 0.25) is 5.15 Å². The number of nitrogens with zero attached hydrogens (tertiary/aromatic N) is 3. The summed E-state index contributed by atoms with van der Waals surface area (Å²) in [7, 11) is -3.45. The molecule has 4 aromatic rings. The second kappa shape index (κ2) is 17.2. The van der Waals surface area contributed by atoms with Gasteiger partial charge in [-0.05, 0) is 71.7 Å². The van der Waals surface area contributed by atoms with Gasteiger partial charge in [0.05, 0.1) is 23.7 Å². The van der Waals surface area contributed by atoms with Gasteiger partial charge in [0.15, 0.2) is 0 Å². The van der Waals surface area contributed by atoms with Crippen LogP contribution in [0.4, 0.5) is 0 Å². The first-order valence-electron chi connectivity index (χ1n) is 15.0. The number of pyridine rings is 1. The van der Waals surface area contributed by atoms with Crippen LogP contribution in [0.1, 0.15) is 68.4 Å². The Morgan fingerprint density at radius 3 is 1.80 bits per heavy atom. The van der Waals surface area contributed by atoms with E-state index >= 15 is 0 Å². The molecule has 0 saturated heterocycles. The molecule has 0 amide bonds. The van der Waals surface area contributed by atoms with Crippen molar-refractivity contribution >= 4 is 27.6 Å². The zero-order chi connectivity index (χ0) is 34.7. The highest BCUT2D eigenvalue weighted by Gasteiger charge is 2.19. The van der Waals surface area contributed by atoms with Crippen molar-refractivity contribution < 1.29 is 17.9 Å². The molecule has 0 fully saturated rings. The number of rotatable bonds is 7. The molecule has 46 heavy (non-hydrogen) atoms. The summed E-state index contributed by atoms with van der Waals surface area (Å²) in [4.78, 5) is 27.7. The van der Waals surface area contributed by atoms with Crippen molar-refractivity contribution in [3.63, 3.8) is 0 Å².